The van der Waals surface area contributed by atoms with Gasteiger partial charge in [-0.3, -0.25) is 14.4 Å². The molecule has 0 spiro atoms. The fourth-order valence-electron chi connectivity index (χ4n) is 2.71. The van der Waals surface area contributed by atoms with Crippen molar-refractivity contribution in [2.24, 2.45) is 5.41 Å². The molecular weight excluding hydrogens is 327 g/mol. The molecule has 0 unspecified atom stereocenters. The Morgan fingerprint density at radius 2 is 1.46 bits per heavy atom. The molecule has 0 N–H and O–H groups in total. The summed E-state index contributed by atoms with van der Waals surface area (Å²) in [7, 11) is 5.44. The summed E-state index contributed by atoms with van der Waals surface area (Å²) in [6.07, 6.45) is 0.311. The summed E-state index contributed by atoms with van der Waals surface area (Å²) in [5.41, 5.74) is -1.44. The number of esters is 1. The van der Waals surface area contributed by atoms with E-state index in [2.05, 4.69) is 0 Å². The Morgan fingerprint density at radius 1 is 0.962 bits per heavy atom. The second-order valence-corrected chi connectivity index (χ2v) is 8.21. The highest BCUT2D eigenvalue weighted by Crippen LogP contribution is 2.37. The van der Waals surface area contributed by atoms with Gasteiger partial charge in [0.05, 0.1) is 7.85 Å². The highest BCUT2D eigenvalue weighted by molar-refractivity contribution is 6.12. The molecule has 0 bridgehead atoms. The van der Waals surface area contributed by atoms with Crippen LogP contribution in [0.3, 0.4) is 0 Å². The Labute approximate surface area is 158 Å². The van der Waals surface area contributed by atoms with E-state index in [1.54, 1.807) is 34.6 Å². The molecule has 1 rings (SSSR count). The number of carbonyl (C=O) groups excluding carboxylic acids is 3. The van der Waals surface area contributed by atoms with E-state index in [0.717, 1.165) is 11.1 Å². The monoisotopic (exact) mass is 356 g/mol. The number of benzene rings is 1. The van der Waals surface area contributed by atoms with Crippen LogP contribution in [0.4, 0.5) is 0 Å². The molecule has 1 aromatic rings. The lowest BCUT2D eigenvalue weighted by atomic mass is 9.75. The molecule has 2 radical (unpaired) electrons. The number of hydrogen-bond donors (Lipinski definition) is 0. The van der Waals surface area contributed by atoms with Gasteiger partial charge in [-0.05, 0) is 66.0 Å². The fraction of sp³-hybridized carbons (Fsp3) is 0.571. The first kappa shape index (κ1) is 22.1. The van der Waals surface area contributed by atoms with Crippen molar-refractivity contribution in [1.82, 2.24) is 0 Å². The van der Waals surface area contributed by atoms with Gasteiger partial charge in [0.2, 0.25) is 0 Å². The molecule has 0 fully saturated rings. The van der Waals surface area contributed by atoms with E-state index >= 15 is 0 Å². The summed E-state index contributed by atoms with van der Waals surface area (Å²) in [4.78, 5) is 37.1. The predicted molar refractivity (Wildman–Crippen MR) is 103 cm³/mol. The molecular formula is C21H29BO4. The van der Waals surface area contributed by atoms with Gasteiger partial charge < -0.3 is 4.74 Å². The lowest BCUT2D eigenvalue weighted by molar-refractivity contribution is -0.170. The molecule has 0 aliphatic carbocycles. The highest BCUT2D eigenvalue weighted by atomic mass is 16.6. The van der Waals surface area contributed by atoms with Crippen molar-refractivity contribution in [3.05, 3.63) is 35.4 Å². The summed E-state index contributed by atoms with van der Waals surface area (Å²) in [5.74, 6) is -0.833. The minimum absolute atomic E-state index is 0.0190. The maximum atomic E-state index is 12.7. The van der Waals surface area contributed by atoms with Crippen molar-refractivity contribution in [3.63, 3.8) is 0 Å². The Bertz CT molecular complexity index is 702. The molecule has 0 saturated heterocycles. The van der Waals surface area contributed by atoms with E-state index in [-0.39, 0.29) is 24.3 Å². The van der Waals surface area contributed by atoms with Crippen LogP contribution in [0.1, 0.15) is 66.0 Å². The van der Waals surface area contributed by atoms with Crippen molar-refractivity contribution in [2.75, 3.05) is 0 Å². The van der Waals surface area contributed by atoms with Crippen molar-refractivity contribution in [2.45, 2.75) is 72.2 Å². The zero-order valence-electron chi connectivity index (χ0n) is 16.9. The lowest BCUT2D eigenvalue weighted by Gasteiger charge is -2.35. The Kier molecular flexibility index (Phi) is 6.61. The highest BCUT2D eigenvalue weighted by Gasteiger charge is 2.41. The van der Waals surface area contributed by atoms with Crippen LogP contribution in [0.25, 0.3) is 0 Å². The third-order valence-corrected chi connectivity index (χ3v) is 5.06. The maximum absolute atomic E-state index is 12.7. The van der Waals surface area contributed by atoms with Gasteiger partial charge in [-0.25, -0.2) is 0 Å². The van der Waals surface area contributed by atoms with E-state index in [9.17, 15) is 14.4 Å². The number of Topliss-reactive ketones (excluding diaryl/α,β-unsaturated/α-hetero) is 2. The molecule has 26 heavy (non-hydrogen) atoms. The summed E-state index contributed by atoms with van der Waals surface area (Å²) in [6.45, 7) is 11.9. The van der Waals surface area contributed by atoms with Gasteiger partial charge in [0, 0.05) is 5.41 Å². The van der Waals surface area contributed by atoms with Gasteiger partial charge in [0.15, 0.2) is 0 Å². The molecule has 5 heteroatoms. The zero-order chi connectivity index (χ0) is 20.3. The van der Waals surface area contributed by atoms with Crippen molar-refractivity contribution in [1.29, 1.82) is 0 Å². The topological polar surface area (TPSA) is 60.4 Å². The summed E-state index contributed by atoms with van der Waals surface area (Å²) in [5, 5.41) is 0. The average molecular weight is 356 g/mol. The van der Waals surface area contributed by atoms with Gasteiger partial charge in [-0.2, -0.15) is 0 Å². The van der Waals surface area contributed by atoms with Gasteiger partial charge in [-0.1, -0.05) is 30.6 Å². The molecule has 0 heterocycles. The largest absolute Gasteiger partial charge is 0.454 e. The first-order valence-electron chi connectivity index (χ1n) is 8.86. The molecule has 0 aliphatic heterocycles. The van der Waals surface area contributed by atoms with E-state index in [1.807, 2.05) is 38.1 Å². The number of rotatable bonds is 8. The SMILES string of the molecule is [B]CCC(=O)C(C)(C)C(=O)OC(C)(C)c1ccccc1C(C)(C)C(C)=O. The van der Waals surface area contributed by atoms with Crippen LogP contribution in [0.15, 0.2) is 24.3 Å². The average Bonchev–Trinajstić information content (AvgIpc) is 2.54. The fourth-order valence-corrected chi connectivity index (χ4v) is 2.71. The van der Waals surface area contributed by atoms with Gasteiger partial charge in [0.1, 0.15) is 22.6 Å². The van der Waals surface area contributed by atoms with Crippen LogP contribution in [0.2, 0.25) is 6.32 Å². The van der Waals surface area contributed by atoms with Crippen LogP contribution in [0.5, 0.6) is 0 Å². The number of carbonyl (C=O) groups is 3. The number of ether oxygens (including phenoxy) is 1. The standard InChI is InChI=1S/C21H29BO4/c1-14(23)19(2,3)15-10-8-9-11-16(15)21(6,7)26-18(25)20(4,5)17(24)12-13-22/h8-11H,12-13H2,1-7H3. The van der Waals surface area contributed by atoms with Gasteiger partial charge in [-0.15, -0.1) is 0 Å². The third kappa shape index (κ3) is 4.43. The number of hydrogen-bond acceptors (Lipinski definition) is 4. The normalized spacial score (nSPS) is 12.6. The first-order chi connectivity index (χ1) is 11.8. The zero-order valence-corrected chi connectivity index (χ0v) is 16.9. The van der Waals surface area contributed by atoms with Crippen molar-refractivity contribution in [3.8, 4) is 0 Å². The molecule has 0 atom stereocenters. The third-order valence-electron chi connectivity index (χ3n) is 5.06. The Hall–Kier alpha value is -1.91. The molecule has 0 aliphatic rings. The van der Waals surface area contributed by atoms with Crippen LogP contribution in [0, 0.1) is 5.41 Å². The predicted octanol–water partition coefficient (Wildman–Crippen LogP) is 3.90. The van der Waals surface area contributed by atoms with Gasteiger partial charge >= 0.3 is 5.97 Å². The molecule has 4 nitrogen and oxygen atoms in total. The minimum atomic E-state index is -1.28. The second-order valence-electron chi connectivity index (χ2n) is 8.21. The van der Waals surface area contributed by atoms with Gasteiger partial charge in [0.25, 0.3) is 0 Å². The van der Waals surface area contributed by atoms with Crippen molar-refractivity contribution >= 4 is 25.4 Å². The molecule has 140 valence electrons. The van der Waals surface area contributed by atoms with Crippen LogP contribution >= 0.6 is 0 Å². The summed E-state index contributed by atoms with van der Waals surface area (Å²) >= 11 is 0. The molecule has 1 aromatic carbocycles. The molecule has 0 amide bonds. The smallest absolute Gasteiger partial charge is 0.319 e. The first-order valence-corrected chi connectivity index (χ1v) is 8.86. The van der Waals surface area contributed by atoms with E-state index in [0.29, 0.717) is 0 Å². The van der Waals surface area contributed by atoms with Crippen LogP contribution < -0.4 is 0 Å². The van der Waals surface area contributed by atoms with E-state index in [1.165, 1.54) is 0 Å². The maximum Gasteiger partial charge on any atom is 0.319 e. The van der Waals surface area contributed by atoms with E-state index in [4.69, 9.17) is 12.6 Å². The summed E-state index contributed by atoms with van der Waals surface area (Å²) in [6, 6.07) is 7.42. The van der Waals surface area contributed by atoms with Crippen LogP contribution in [-0.2, 0) is 30.1 Å². The molecule has 0 saturated carbocycles. The Morgan fingerprint density at radius 3 is 1.92 bits per heavy atom. The van der Waals surface area contributed by atoms with Crippen molar-refractivity contribution < 1.29 is 19.1 Å². The quantitative estimate of drug-likeness (QED) is 0.403. The number of ketones is 2. The minimum Gasteiger partial charge on any atom is -0.454 e. The van der Waals surface area contributed by atoms with Crippen LogP contribution in [-0.4, -0.2) is 25.4 Å². The van der Waals surface area contributed by atoms with E-state index < -0.39 is 22.4 Å². The summed E-state index contributed by atoms with van der Waals surface area (Å²) < 4.78 is 5.76. The lowest BCUT2D eigenvalue weighted by Crippen LogP contribution is -2.40. The second kappa shape index (κ2) is 7.77. The molecule has 0 aromatic heterocycles. The Balaban J connectivity index is 3.26.